The van der Waals surface area contributed by atoms with Gasteiger partial charge < -0.3 is 16.4 Å². The van der Waals surface area contributed by atoms with Gasteiger partial charge >= 0.3 is 16.4 Å². The average Bonchev–Trinajstić information content (AvgIpc) is 2.70. The summed E-state index contributed by atoms with van der Waals surface area (Å²) in [5.74, 6) is -0.932. The summed E-state index contributed by atoms with van der Waals surface area (Å²) in [5.41, 5.74) is 5.43. The topological polar surface area (TPSA) is 244 Å². The molecular formula is C16H19N5O10S3. The third-order valence-electron chi connectivity index (χ3n) is 3.96. The minimum atomic E-state index is -4.99. The van der Waals surface area contributed by atoms with Crippen LogP contribution < -0.4 is 16.4 Å². The number of hydrogen-bond donors (Lipinski definition) is 5. The third-order valence-corrected chi connectivity index (χ3v) is 6.98. The summed E-state index contributed by atoms with van der Waals surface area (Å²) in [7, 11) is -12.5. The fourth-order valence-corrected chi connectivity index (χ4v) is 4.70. The number of nitrogens with one attached hydrogen (secondary N) is 2. The Hall–Kier alpha value is -3.16. The second-order valence-corrected chi connectivity index (χ2v) is 10.9. The molecule has 0 spiro atoms. The first kappa shape index (κ1) is 27.1. The quantitative estimate of drug-likeness (QED) is 0.214. The standard InChI is InChI=1S/C16H19N5O10S3/c1-18-10-2-4-12(14(8-10)19-16(17)22)20-21-13-5-3-11(9-15(13)33(25,26)27)32(23,24)7-6-31-34(28,29)30/h2-5,8-9,18H,6-7H2,1H3,(H3,17,19,22)(H,25,26,27)(H,28,29,30). The Morgan fingerprint density at radius 1 is 1.00 bits per heavy atom. The molecular weight excluding hydrogens is 518 g/mol. The van der Waals surface area contributed by atoms with Crippen molar-refractivity contribution in [3.05, 3.63) is 36.4 Å². The van der Waals surface area contributed by atoms with E-state index in [1.54, 1.807) is 13.1 Å². The first-order valence-corrected chi connectivity index (χ1v) is 13.3. The minimum Gasteiger partial charge on any atom is -0.388 e. The van der Waals surface area contributed by atoms with Crippen LogP contribution in [0.25, 0.3) is 0 Å². The first-order chi connectivity index (χ1) is 15.6. The Balaban J connectivity index is 2.46. The average molecular weight is 538 g/mol. The molecule has 0 bridgehead atoms. The molecule has 0 aliphatic rings. The number of primary amides is 1. The highest BCUT2D eigenvalue weighted by atomic mass is 32.3. The van der Waals surface area contributed by atoms with Crippen molar-refractivity contribution in [2.24, 2.45) is 16.0 Å². The van der Waals surface area contributed by atoms with Crippen molar-refractivity contribution < 1.29 is 43.3 Å². The van der Waals surface area contributed by atoms with Gasteiger partial charge in [-0.3, -0.25) is 9.11 Å². The molecule has 2 aromatic carbocycles. The molecule has 18 heteroatoms. The summed E-state index contributed by atoms with van der Waals surface area (Å²) in [6, 6.07) is 6.02. The summed E-state index contributed by atoms with van der Waals surface area (Å²) < 4.78 is 91.5. The fourth-order valence-electron chi connectivity index (χ4n) is 2.46. The summed E-state index contributed by atoms with van der Waals surface area (Å²) in [6.45, 7) is -0.942. The van der Waals surface area contributed by atoms with Crippen LogP contribution in [0.15, 0.2) is 56.4 Å². The Morgan fingerprint density at radius 2 is 1.62 bits per heavy atom. The SMILES string of the molecule is CNc1ccc(N=Nc2ccc(S(=O)(=O)CCOS(=O)(=O)O)cc2S(=O)(=O)O)c(NC(N)=O)c1. The lowest BCUT2D eigenvalue weighted by molar-refractivity contribution is 0.259. The van der Waals surface area contributed by atoms with Crippen LogP contribution in [0.3, 0.4) is 0 Å². The normalized spacial score (nSPS) is 12.6. The molecule has 0 fully saturated rings. The van der Waals surface area contributed by atoms with Crippen molar-refractivity contribution in [1.29, 1.82) is 0 Å². The van der Waals surface area contributed by atoms with Crippen molar-refractivity contribution >= 4 is 59.1 Å². The Bertz CT molecular complexity index is 1440. The smallest absolute Gasteiger partial charge is 0.388 e. The zero-order valence-electron chi connectivity index (χ0n) is 17.2. The lowest BCUT2D eigenvalue weighted by atomic mass is 10.2. The largest absolute Gasteiger partial charge is 0.397 e. The third kappa shape index (κ3) is 7.71. The summed E-state index contributed by atoms with van der Waals surface area (Å²) in [6.07, 6.45) is 0. The van der Waals surface area contributed by atoms with Crippen LogP contribution in [0.1, 0.15) is 0 Å². The lowest BCUT2D eigenvalue weighted by Crippen LogP contribution is -2.19. The molecule has 0 saturated carbocycles. The maximum atomic E-state index is 12.4. The molecule has 0 unspecified atom stereocenters. The number of benzene rings is 2. The van der Waals surface area contributed by atoms with E-state index in [0.29, 0.717) is 11.8 Å². The van der Waals surface area contributed by atoms with Crippen LogP contribution in [0, 0.1) is 0 Å². The van der Waals surface area contributed by atoms with E-state index in [1.807, 2.05) is 0 Å². The molecule has 0 saturated heterocycles. The van der Waals surface area contributed by atoms with Crippen LogP contribution in [0.5, 0.6) is 0 Å². The molecule has 2 aromatic rings. The molecule has 34 heavy (non-hydrogen) atoms. The van der Waals surface area contributed by atoms with Crippen LogP contribution in [-0.4, -0.2) is 59.8 Å². The summed E-state index contributed by atoms with van der Waals surface area (Å²) in [4.78, 5) is 9.72. The number of nitrogens with zero attached hydrogens (tertiary/aromatic N) is 2. The van der Waals surface area contributed by atoms with E-state index in [0.717, 1.165) is 12.1 Å². The Kier molecular flexibility index (Phi) is 8.29. The zero-order chi connectivity index (χ0) is 25.7. The molecule has 186 valence electrons. The van der Waals surface area contributed by atoms with Crippen LogP contribution in [0.2, 0.25) is 0 Å². The van der Waals surface area contributed by atoms with E-state index < -0.39 is 64.2 Å². The number of hydrogen-bond acceptors (Lipinski definition) is 11. The monoisotopic (exact) mass is 537 g/mol. The first-order valence-electron chi connectivity index (χ1n) is 8.88. The molecule has 0 atom stereocenters. The van der Waals surface area contributed by atoms with Crippen molar-refractivity contribution in [1.82, 2.24) is 0 Å². The summed E-state index contributed by atoms with van der Waals surface area (Å²) >= 11 is 0. The Labute approximate surface area is 194 Å². The van der Waals surface area contributed by atoms with E-state index in [-0.39, 0.29) is 11.4 Å². The van der Waals surface area contributed by atoms with E-state index in [1.165, 1.54) is 12.1 Å². The van der Waals surface area contributed by atoms with Gasteiger partial charge in [-0.1, -0.05) is 0 Å². The number of amides is 2. The molecule has 0 aromatic heterocycles. The van der Waals surface area contributed by atoms with Crippen molar-refractivity contribution in [3.8, 4) is 0 Å². The number of azo groups is 1. The van der Waals surface area contributed by atoms with Gasteiger partial charge in [-0.15, -0.1) is 10.2 Å². The maximum absolute atomic E-state index is 12.4. The highest BCUT2D eigenvalue weighted by molar-refractivity contribution is 7.91. The highest BCUT2D eigenvalue weighted by Gasteiger charge is 2.23. The van der Waals surface area contributed by atoms with Gasteiger partial charge in [0.15, 0.2) is 9.84 Å². The van der Waals surface area contributed by atoms with Gasteiger partial charge in [0.05, 0.1) is 22.9 Å². The number of nitrogens with two attached hydrogens (primary N) is 1. The number of carbonyl (C=O) groups excluding carboxylic acids is 1. The van der Waals surface area contributed by atoms with E-state index >= 15 is 0 Å². The maximum Gasteiger partial charge on any atom is 0.397 e. The van der Waals surface area contributed by atoms with Gasteiger partial charge in [0.2, 0.25) is 0 Å². The molecule has 2 rings (SSSR count). The van der Waals surface area contributed by atoms with Gasteiger partial charge in [-0.25, -0.2) is 17.4 Å². The number of carbonyl (C=O) groups is 1. The molecule has 0 aliphatic carbocycles. The zero-order valence-corrected chi connectivity index (χ0v) is 19.7. The predicted molar refractivity (Wildman–Crippen MR) is 119 cm³/mol. The molecule has 0 heterocycles. The van der Waals surface area contributed by atoms with Crippen molar-refractivity contribution in [2.45, 2.75) is 9.79 Å². The van der Waals surface area contributed by atoms with Gasteiger partial charge in [0.1, 0.15) is 16.3 Å². The molecule has 6 N–H and O–H groups in total. The number of sulfone groups is 1. The fraction of sp³-hybridized carbons (Fsp3) is 0.188. The molecule has 0 radical (unpaired) electrons. The van der Waals surface area contributed by atoms with E-state index in [2.05, 4.69) is 25.0 Å². The molecule has 2 amide bonds. The van der Waals surface area contributed by atoms with Gasteiger partial charge in [-0.2, -0.15) is 16.8 Å². The van der Waals surface area contributed by atoms with Gasteiger partial charge in [0.25, 0.3) is 10.1 Å². The second-order valence-electron chi connectivity index (χ2n) is 6.34. The molecule has 15 nitrogen and oxygen atoms in total. The van der Waals surface area contributed by atoms with E-state index in [9.17, 15) is 34.6 Å². The number of urea groups is 1. The minimum absolute atomic E-state index is 0.0538. The highest BCUT2D eigenvalue weighted by Crippen LogP contribution is 2.33. The second kappa shape index (κ2) is 10.4. The Morgan fingerprint density at radius 3 is 2.18 bits per heavy atom. The number of rotatable bonds is 10. The van der Waals surface area contributed by atoms with Gasteiger partial charge in [0, 0.05) is 12.7 Å². The van der Waals surface area contributed by atoms with E-state index in [4.69, 9.17) is 10.3 Å². The van der Waals surface area contributed by atoms with Crippen LogP contribution >= 0.6 is 0 Å². The predicted octanol–water partition coefficient (Wildman–Crippen LogP) is 1.47. The molecule has 0 aliphatic heterocycles. The number of anilines is 2. The summed E-state index contributed by atoms with van der Waals surface area (Å²) in [5, 5.41) is 12.7. The van der Waals surface area contributed by atoms with Crippen LogP contribution in [-0.2, 0) is 34.5 Å². The van der Waals surface area contributed by atoms with Crippen molar-refractivity contribution in [3.63, 3.8) is 0 Å². The van der Waals surface area contributed by atoms with Crippen molar-refractivity contribution in [2.75, 3.05) is 30.0 Å². The van der Waals surface area contributed by atoms with Crippen LogP contribution in [0.4, 0.5) is 27.5 Å². The van der Waals surface area contributed by atoms with Gasteiger partial charge in [-0.05, 0) is 36.4 Å². The lowest BCUT2D eigenvalue weighted by Gasteiger charge is -2.09.